The molecule has 1 fully saturated rings. The van der Waals surface area contributed by atoms with Crippen LogP contribution in [-0.4, -0.2) is 48.7 Å². The van der Waals surface area contributed by atoms with E-state index in [2.05, 4.69) is 45.1 Å². The van der Waals surface area contributed by atoms with Crippen LogP contribution in [0.15, 0.2) is 48.7 Å². The minimum atomic E-state index is 0.0207. The molecule has 1 aliphatic heterocycles. The van der Waals surface area contributed by atoms with E-state index in [1.165, 1.54) is 11.4 Å². The topological polar surface area (TPSA) is 40.5 Å². The number of urea groups is 1. The molecule has 2 amide bonds. The molecular formula is C20H28N4O. The lowest BCUT2D eigenvalue weighted by molar-refractivity contribution is 0.202. The Balaban J connectivity index is 1.40. The van der Waals surface area contributed by atoms with Gasteiger partial charge in [0.15, 0.2) is 0 Å². The number of nitrogens with one attached hydrogen (secondary N) is 1. The van der Waals surface area contributed by atoms with Crippen LogP contribution in [-0.2, 0) is 13.5 Å². The van der Waals surface area contributed by atoms with E-state index in [0.29, 0.717) is 12.5 Å². The van der Waals surface area contributed by atoms with E-state index >= 15 is 0 Å². The van der Waals surface area contributed by atoms with Gasteiger partial charge in [0.25, 0.3) is 0 Å². The number of rotatable bonds is 6. The third-order valence-corrected chi connectivity index (χ3v) is 4.99. The van der Waals surface area contributed by atoms with E-state index in [1.54, 1.807) is 0 Å². The molecule has 25 heavy (non-hydrogen) atoms. The Hall–Kier alpha value is -2.43. The molecule has 0 radical (unpaired) electrons. The van der Waals surface area contributed by atoms with Crippen LogP contribution >= 0.6 is 0 Å². The molecule has 2 aromatic rings. The number of para-hydroxylation sites is 1. The molecule has 1 N–H and O–H groups in total. The second-order valence-electron chi connectivity index (χ2n) is 6.91. The molecule has 5 heteroatoms. The Kier molecular flexibility index (Phi) is 5.64. The van der Waals surface area contributed by atoms with Crippen molar-refractivity contribution in [2.75, 3.05) is 38.1 Å². The number of carbonyl (C=O) groups excluding carboxylic acids is 1. The quantitative estimate of drug-likeness (QED) is 0.878. The lowest BCUT2D eigenvalue weighted by Gasteiger charge is -2.23. The maximum Gasteiger partial charge on any atom is 0.317 e. The summed E-state index contributed by atoms with van der Waals surface area (Å²) in [6, 6.07) is 14.7. The van der Waals surface area contributed by atoms with Gasteiger partial charge in [-0.25, -0.2) is 4.79 Å². The van der Waals surface area contributed by atoms with Gasteiger partial charge >= 0.3 is 6.03 Å². The number of aryl methyl sites for hydroxylation is 1. The van der Waals surface area contributed by atoms with Crippen molar-refractivity contribution in [2.24, 2.45) is 13.0 Å². The smallest absolute Gasteiger partial charge is 0.317 e. The molecule has 0 unspecified atom stereocenters. The Labute approximate surface area is 150 Å². The molecule has 1 aliphatic rings. The molecule has 1 aromatic carbocycles. The minimum absolute atomic E-state index is 0.0207. The van der Waals surface area contributed by atoms with Crippen molar-refractivity contribution in [3.8, 4) is 0 Å². The van der Waals surface area contributed by atoms with Crippen LogP contribution in [0, 0.1) is 5.92 Å². The highest BCUT2D eigenvalue weighted by atomic mass is 16.2. The van der Waals surface area contributed by atoms with Crippen LogP contribution in [0.5, 0.6) is 0 Å². The van der Waals surface area contributed by atoms with Crippen LogP contribution in [0.1, 0.15) is 12.1 Å². The zero-order valence-corrected chi connectivity index (χ0v) is 15.2. The van der Waals surface area contributed by atoms with Gasteiger partial charge in [-0.3, -0.25) is 0 Å². The summed E-state index contributed by atoms with van der Waals surface area (Å²) in [5.74, 6) is 0.531. The predicted octanol–water partition coefficient (Wildman–Crippen LogP) is 2.74. The fraction of sp³-hybridized carbons (Fsp3) is 0.450. The molecule has 0 spiro atoms. The summed E-state index contributed by atoms with van der Waals surface area (Å²) in [4.78, 5) is 16.5. The number of nitrogens with zero attached hydrogens (tertiary/aromatic N) is 3. The molecule has 134 valence electrons. The third kappa shape index (κ3) is 4.56. The van der Waals surface area contributed by atoms with Crippen molar-refractivity contribution in [1.29, 1.82) is 0 Å². The first-order valence-electron chi connectivity index (χ1n) is 9.02. The molecule has 5 nitrogen and oxygen atoms in total. The van der Waals surface area contributed by atoms with Crippen LogP contribution in [0.3, 0.4) is 0 Å². The molecule has 3 rings (SSSR count). The molecule has 0 bridgehead atoms. The Morgan fingerprint density at radius 2 is 2.04 bits per heavy atom. The first-order valence-corrected chi connectivity index (χ1v) is 9.02. The molecule has 0 saturated carbocycles. The van der Waals surface area contributed by atoms with Crippen LogP contribution in [0.25, 0.3) is 0 Å². The summed E-state index contributed by atoms with van der Waals surface area (Å²) in [6.45, 7) is 3.56. The van der Waals surface area contributed by atoms with Gasteiger partial charge in [-0.2, -0.15) is 0 Å². The largest absolute Gasteiger partial charge is 0.371 e. The fourth-order valence-corrected chi connectivity index (χ4v) is 3.51. The normalized spacial score (nSPS) is 16.9. The summed E-state index contributed by atoms with van der Waals surface area (Å²) >= 11 is 0. The third-order valence-electron chi connectivity index (χ3n) is 4.99. The molecular weight excluding hydrogens is 312 g/mol. The highest BCUT2D eigenvalue weighted by Crippen LogP contribution is 2.23. The van der Waals surface area contributed by atoms with Gasteiger partial charge in [0.2, 0.25) is 0 Å². The van der Waals surface area contributed by atoms with Gasteiger partial charge in [0.05, 0.1) is 0 Å². The molecule has 1 aromatic heterocycles. The molecule has 2 heterocycles. The predicted molar refractivity (Wildman–Crippen MR) is 102 cm³/mol. The van der Waals surface area contributed by atoms with E-state index in [1.807, 2.05) is 37.3 Å². The zero-order valence-electron chi connectivity index (χ0n) is 15.2. The first-order chi connectivity index (χ1) is 12.1. The van der Waals surface area contributed by atoms with Gasteiger partial charge in [0.1, 0.15) is 0 Å². The second kappa shape index (κ2) is 8.10. The summed E-state index contributed by atoms with van der Waals surface area (Å²) in [5.41, 5.74) is 2.51. The van der Waals surface area contributed by atoms with E-state index in [4.69, 9.17) is 0 Å². The Bertz CT molecular complexity index is 682. The summed E-state index contributed by atoms with van der Waals surface area (Å²) in [6.07, 6.45) is 4.02. The van der Waals surface area contributed by atoms with Gasteiger partial charge in [0, 0.05) is 64.3 Å². The average Bonchev–Trinajstić information content (AvgIpc) is 3.25. The van der Waals surface area contributed by atoms with Crippen molar-refractivity contribution in [2.45, 2.75) is 12.8 Å². The van der Waals surface area contributed by atoms with E-state index in [0.717, 1.165) is 32.5 Å². The van der Waals surface area contributed by atoms with Gasteiger partial charge < -0.3 is 19.7 Å². The van der Waals surface area contributed by atoms with Crippen molar-refractivity contribution in [1.82, 2.24) is 14.8 Å². The number of carbonyl (C=O) groups is 1. The lowest BCUT2D eigenvalue weighted by Crippen LogP contribution is -2.41. The SMILES string of the molecule is CN(C[C@@H]1CCN(c2ccccc2)C1)C(=O)NCCc1cccn1C. The first kappa shape index (κ1) is 17.4. The zero-order chi connectivity index (χ0) is 17.6. The van der Waals surface area contributed by atoms with E-state index in [9.17, 15) is 4.79 Å². The average molecular weight is 340 g/mol. The van der Waals surface area contributed by atoms with Gasteiger partial charge in [-0.15, -0.1) is 0 Å². The van der Waals surface area contributed by atoms with Crippen molar-refractivity contribution < 1.29 is 4.79 Å². The standard InChI is InChI=1S/C20H28N4O/c1-22-13-6-9-18(22)10-12-21-20(25)23(2)15-17-11-14-24(16-17)19-7-4-3-5-8-19/h3-9,13,17H,10-12,14-16H2,1-2H3,(H,21,25)/t17-/m0/s1. The summed E-state index contributed by atoms with van der Waals surface area (Å²) in [7, 11) is 3.92. The van der Waals surface area contributed by atoms with Crippen molar-refractivity contribution >= 4 is 11.7 Å². The highest BCUT2D eigenvalue weighted by Gasteiger charge is 2.25. The molecule has 1 atom stereocenters. The maximum absolute atomic E-state index is 12.3. The number of benzene rings is 1. The summed E-state index contributed by atoms with van der Waals surface area (Å²) in [5, 5.41) is 3.02. The minimum Gasteiger partial charge on any atom is -0.371 e. The summed E-state index contributed by atoms with van der Waals surface area (Å²) < 4.78 is 2.09. The fourth-order valence-electron chi connectivity index (χ4n) is 3.51. The van der Waals surface area contributed by atoms with Crippen LogP contribution in [0.2, 0.25) is 0 Å². The maximum atomic E-state index is 12.3. The number of hydrogen-bond donors (Lipinski definition) is 1. The number of amides is 2. The van der Waals surface area contributed by atoms with E-state index < -0.39 is 0 Å². The van der Waals surface area contributed by atoms with Gasteiger partial charge in [-0.1, -0.05) is 18.2 Å². The number of anilines is 1. The Morgan fingerprint density at radius 3 is 2.76 bits per heavy atom. The van der Waals surface area contributed by atoms with Gasteiger partial charge in [-0.05, 0) is 36.6 Å². The Morgan fingerprint density at radius 1 is 1.24 bits per heavy atom. The van der Waals surface area contributed by atoms with Crippen molar-refractivity contribution in [3.05, 3.63) is 54.4 Å². The van der Waals surface area contributed by atoms with E-state index in [-0.39, 0.29) is 6.03 Å². The monoisotopic (exact) mass is 340 g/mol. The molecule has 0 aliphatic carbocycles. The second-order valence-corrected chi connectivity index (χ2v) is 6.91. The lowest BCUT2D eigenvalue weighted by atomic mass is 10.1. The number of aromatic nitrogens is 1. The highest BCUT2D eigenvalue weighted by molar-refractivity contribution is 5.73. The number of hydrogen-bond acceptors (Lipinski definition) is 2. The van der Waals surface area contributed by atoms with Crippen LogP contribution in [0.4, 0.5) is 10.5 Å². The van der Waals surface area contributed by atoms with Crippen LogP contribution < -0.4 is 10.2 Å². The molecule has 1 saturated heterocycles. The van der Waals surface area contributed by atoms with Crippen molar-refractivity contribution in [3.63, 3.8) is 0 Å².